The summed E-state index contributed by atoms with van der Waals surface area (Å²) in [6.45, 7) is -0.547. The normalized spacial score (nSPS) is 15.9. The first kappa shape index (κ1) is 20.2. The van der Waals surface area contributed by atoms with Gasteiger partial charge in [-0.05, 0) is 24.6 Å². The summed E-state index contributed by atoms with van der Waals surface area (Å²) >= 11 is 0. The summed E-state index contributed by atoms with van der Waals surface area (Å²) in [7, 11) is 0. The number of benzene rings is 1. The summed E-state index contributed by atoms with van der Waals surface area (Å²) in [5.74, 6) is -0.644. The molecule has 0 saturated carbocycles. The van der Waals surface area contributed by atoms with Gasteiger partial charge in [-0.15, -0.1) is 10.2 Å². The molecule has 0 spiro atoms. The second kappa shape index (κ2) is 7.57. The van der Waals surface area contributed by atoms with Gasteiger partial charge in [0.1, 0.15) is 5.52 Å². The summed E-state index contributed by atoms with van der Waals surface area (Å²) in [6.07, 6.45) is 4.31. The molecule has 0 aliphatic carbocycles. The Bertz CT molecular complexity index is 1520. The van der Waals surface area contributed by atoms with Crippen molar-refractivity contribution in [2.45, 2.75) is 25.9 Å². The molecule has 1 atom stereocenters. The van der Waals surface area contributed by atoms with E-state index in [2.05, 4.69) is 30.2 Å². The van der Waals surface area contributed by atoms with E-state index < -0.39 is 18.5 Å². The molecule has 5 heterocycles. The van der Waals surface area contributed by atoms with Gasteiger partial charge in [0.2, 0.25) is 5.89 Å². The van der Waals surface area contributed by atoms with E-state index >= 15 is 0 Å². The quantitative estimate of drug-likeness (QED) is 0.427. The van der Waals surface area contributed by atoms with E-state index in [0.717, 1.165) is 23.7 Å². The molecule has 1 N–H and O–H groups in total. The number of oxazole rings is 1. The second-order valence-corrected chi connectivity index (χ2v) is 7.84. The summed E-state index contributed by atoms with van der Waals surface area (Å²) in [4.78, 5) is 27.0. The first-order valence-corrected chi connectivity index (χ1v) is 10.3. The Morgan fingerprint density at radius 1 is 1.26 bits per heavy atom. The molecule has 0 bridgehead atoms. The fourth-order valence-electron chi connectivity index (χ4n) is 4.02. The number of nitrogens with zero attached hydrogens (tertiary/aromatic N) is 7. The van der Waals surface area contributed by atoms with E-state index in [0.29, 0.717) is 40.3 Å². The molecule has 0 radical (unpaired) electrons. The van der Waals surface area contributed by atoms with Gasteiger partial charge in [0.05, 0.1) is 23.8 Å². The molecule has 11 nitrogen and oxygen atoms in total. The van der Waals surface area contributed by atoms with Crippen molar-refractivity contribution in [1.82, 2.24) is 39.8 Å². The van der Waals surface area contributed by atoms with Crippen LogP contribution in [-0.4, -0.2) is 52.3 Å². The van der Waals surface area contributed by atoms with E-state index in [1.165, 1.54) is 4.90 Å². The maximum Gasteiger partial charge on any atom is 0.333 e. The van der Waals surface area contributed by atoms with Crippen LogP contribution in [-0.2, 0) is 6.42 Å². The summed E-state index contributed by atoms with van der Waals surface area (Å²) in [5, 5.41) is 11.2. The van der Waals surface area contributed by atoms with Crippen molar-refractivity contribution in [3.63, 3.8) is 0 Å². The minimum absolute atomic E-state index is 0.0957. The molecule has 1 aromatic carbocycles. The number of alkyl halides is 2. The highest BCUT2D eigenvalue weighted by Crippen LogP contribution is 2.35. The van der Waals surface area contributed by atoms with Gasteiger partial charge < -0.3 is 18.7 Å². The number of imidazole rings is 1. The van der Waals surface area contributed by atoms with Gasteiger partial charge in [0.15, 0.2) is 11.6 Å². The first-order chi connectivity index (χ1) is 16.5. The van der Waals surface area contributed by atoms with Crippen molar-refractivity contribution < 1.29 is 22.4 Å². The lowest BCUT2D eigenvalue weighted by Crippen LogP contribution is -2.41. The lowest BCUT2D eigenvalue weighted by molar-refractivity contribution is 0.0565. The van der Waals surface area contributed by atoms with Crippen LogP contribution in [0, 0.1) is 6.92 Å². The Morgan fingerprint density at radius 2 is 2.15 bits per heavy atom. The summed E-state index contributed by atoms with van der Waals surface area (Å²) < 4.78 is 37.6. The number of hydrogen-bond acceptors (Lipinski definition) is 8. The van der Waals surface area contributed by atoms with Crippen LogP contribution < -0.4 is 0 Å². The molecule has 1 aliphatic heterocycles. The number of carbonyl (C=O) groups excluding carboxylic acids is 1. The Balaban J connectivity index is 1.37. The van der Waals surface area contributed by atoms with E-state index in [-0.39, 0.29) is 17.3 Å². The number of nitrogens with one attached hydrogen (secondary N) is 1. The number of aromatic amines is 1. The minimum atomic E-state index is -2.81. The molecule has 13 heteroatoms. The van der Waals surface area contributed by atoms with Gasteiger partial charge in [-0.25, -0.2) is 14.6 Å². The van der Waals surface area contributed by atoms with Crippen LogP contribution in [0.1, 0.15) is 46.1 Å². The number of aryl methyl sites for hydroxylation is 1. The molecule has 0 unspecified atom stereocenters. The van der Waals surface area contributed by atoms with Gasteiger partial charge in [0.25, 0.3) is 5.89 Å². The van der Waals surface area contributed by atoms with E-state index in [1.807, 2.05) is 25.1 Å². The van der Waals surface area contributed by atoms with Crippen molar-refractivity contribution in [2.24, 2.45) is 0 Å². The molecule has 0 saturated heterocycles. The highest BCUT2D eigenvalue weighted by atomic mass is 19.3. The predicted molar refractivity (Wildman–Crippen MR) is 111 cm³/mol. The number of H-pyrrole nitrogens is 1. The highest BCUT2D eigenvalue weighted by Gasteiger charge is 2.39. The average Bonchev–Trinajstić information content (AvgIpc) is 3.62. The predicted octanol–water partition coefficient (Wildman–Crippen LogP) is 3.29. The monoisotopic (exact) mass is 466 g/mol. The zero-order valence-electron chi connectivity index (χ0n) is 17.6. The standard InChI is InChI=1S/C21H16F2N8O3/c1-10-2-3-12-14(6-10)33-18(27-12)16-15-13(24-9-25-15)4-5-30(16)20(32)19-29-28-17(34-19)11-7-26-31(8-11)21(22)23/h2-3,6-9,16,21H,4-5H2,1H3,(H,24,25)/t16-/m0/s1. The SMILES string of the molecule is Cc1ccc2nc([C@@H]3c4nc[nH]c4CCN3C(=O)c3nnc(-c4cnn(C(F)F)c4)o3)oc2c1. The van der Waals surface area contributed by atoms with Crippen molar-refractivity contribution in [1.29, 1.82) is 0 Å². The second-order valence-electron chi connectivity index (χ2n) is 7.84. The minimum Gasteiger partial charge on any atom is -0.438 e. The number of hydrogen-bond donors (Lipinski definition) is 1. The van der Waals surface area contributed by atoms with Crippen molar-refractivity contribution >= 4 is 17.0 Å². The maximum absolute atomic E-state index is 13.4. The van der Waals surface area contributed by atoms with Crippen LogP contribution in [0.5, 0.6) is 0 Å². The van der Waals surface area contributed by atoms with E-state index in [1.54, 1.807) is 6.33 Å². The van der Waals surface area contributed by atoms with Crippen LogP contribution in [0.15, 0.2) is 45.8 Å². The summed E-state index contributed by atoms with van der Waals surface area (Å²) in [6, 6.07) is 4.93. The zero-order valence-corrected chi connectivity index (χ0v) is 17.6. The molecule has 4 aromatic heterocycles. The summed E-state index contributed by atoms with van der Waals surface area (Å²) in [5.41, 5.74) is 3.93. The Labute approximate surface area is 189 Å². The Morgan fingerprint density at radius 3 is 2.97 bits per heavy atom. The number of fused-ring (bicyclic) bond motifs is 2. The fraction of sp³-hybridized carbons (Fsp3) is 0.238. The third-order valence-corrected chi connectivity index (χ3v) is 5.64. The van der Waals surface area contributed by atoms with Gasteiger partial charge in [-0.3, -0.25) is 4.79 Å². The molecule has 0 fully saturated rings. The van der Waals surface area contributed by atoms with Crippen molar-refractivity contribution in [3.8, 4) is 11.5 Å². The van der Waals surface area contributed by atoms with Crippen LogP contribution in [0.25, 0.3) is 22.6 Å². The van der Waals surface area contributed by atoms with Gasteiger partial charge in [-0.1, -0.05) is 6.07 Å². The van der Waals surface area contributed by atoms with Gasteiger partial charge >= 0.3 is 18.3 Å². The number of amides is 1. The molecular formula is C21H16F2N8O3. The molecule has 172 valence electrons. The smallest absolute Gasteiger partial charge is 0.333 e. The average molecular weight is 466 g/mol. The number of carbonyl (C=O) groups is 1. The van der Waals surface area contributed by atoms with Gasteiger partial charge in [-0.2, -0.15) is 13.9 Å². The zero-order chi connectivity index (χ0) is 23.4. The molecule has 6 rings (SSSR count). The van der Waals surface area contributed by atoms with Gasteiger partial charge in [0, 0.05) is 24.9 Å². The number of aromatic nitrogens is 7. The largest absolute Gasteiger partial charge is 0.438 e. The van der Waals surface area contributed by atoms with E-state index in [4.69, 9.17) is 8.83 Å². The maximum atomic E-state index is 13.4. The Hall–Kier alpha value is -4.42. The van der Waals surface area contributed by atoms with Crippen molar-refractivity contribution in [2.75, 3.05) is 6.54 Å². The highest BCUT2D eigenvalue weighted by molar-refractivity contribution is 5.90. The molecule has 34 heavy (non-hydrogen) atoms. The van der Waals surface area contributed by atoms with Crippen LogP contribution in [0.4, 0.5) is 8.78 Å². The molecular weight excluding hydrogens is 450 g/mol. The Kier molecular flexibility index (Phi) is 4.50. The molecule has 1 amide bonds. The van der Waals surface area contributed by atoms with E-state index in [9.17, 15) is 13.6 Å². The third-order valence-electron chi connectivity index (χ3n) is 5.64. The van der Waals surface area contributed by atoms with Crippen LogP contribution in [0.3, 0.4) is 0 Å². The number of halogens is 2. The molecule has 1 aliphatic rings. The fourth-order valence-corrected chi connectivity index (χ4v) is 4.02. The number of rotatable bonds is 4. The van der Waals surface area contributed by atoms with Crippen molar-refractivity contribution in [3.05, 3.63) is 65.7 Å². The third kappa shape index (κ3) is 3.24. The van der Waals surface area contributed by atoms with Crippen LogP contribution >= 0.6 is 0 Å². The lowest BCUT2D eigenvalue weighted by Gasteiger charge is -2.31. The topological polar surface area (TPSA) is 132 Å². The molecule has 5 aromatic rings. The first-order valence-electron chi connectivity index (χ1n) is 10.3. The van der Waals surface area contributed by atoms with Crippen LogP contribution in [0.2, 0.25) is 0 Å². The lowest BCUT2D eigenvalue weighted by atomic mass is 10.0.